The van der Waals surface area contributed by atoms with Gasteiger partial charge in [0, 0.05) is 0 Å². The Labute approximate surface area is 109 Å². The molecular formula is C14H25NO3. The number of esters is 1. The largest absolute Gasteiger partial charge is 0.464 e. The zero-order valence-electron chi connectivity index (χ0n) is 11.4. The van der Waals surface area contributed by atoms with Gasteiger partial charge in [0.25, 0.3) is 0 Å². The first kappa shape index (κ1) is 15.2. The third kappa shape index (κ3) is 5.17. The molecule has 104 valence electrons. The van der Waals surface area contributed by atoms with Crippen LogP contribution >= 0.6 is 0 Å². The second-order valence-electron chi connectivity index (χ2n) is 5.03. The van der Waals surface area contributed by atoms with E-state index in [0.29, 0.717) is 6.61 Å². The van der Waals surface area contributed by atoms with E-state index in [1.165, 1.54) is 25.7 Å². The molecule has 0 atom stereocenters. The van der Waals surface area contributed by atoms with Crippen LogP contribution in [0.1, 0.15) is 58.3 Å². The molecule has 0 aliphatic heterocycles. The van der Waals surface area contributed by atoms with Gasteiger partial charge in [0.05, 0.1) is 13.2 Å². The van der Waals surface area contributed by atoms with E-state index in [1.807, 2.05) is 0 Å². The zero-order chi connectivity index (χ0) is 13.3. The molecule has 1 saturated carbocycles. The van der Waals surface area contributed by atoms with Gasteiger partial charge < -0.3 is 9.53 Å². The molecule has 4 heteroatoms. The fourth-order valence-electron chi connectivity index (χ4n) is 2.00. The predicted molar refractivity (Wildman–Crippen MR) is 70.4 cm³/mol. The van der Waals surface area contributed by atoms with Gasteiger partial charge >= 0.3 is 5.97 Å². The summed E-state index contributed by atoms with van der Waals surface area (Å²) in [6.07, 6.45) is 9.46. The highest BCUT2D eigenvalue weighted by Gasteiger charge is 2.50. The second-order valence-corrected chi connectivity index (χ2v) is 5.03. The van der Waals surface area contributed by atoms with Gasteiger partial charge in [-0.05, 0) is 19.3 Å². The summed E-state index contributed by atoms with van der Waals surface area (Å²) in [5, 5.41) is 2.95. The minimum atomic E-state index is -0.539. The Balaban J connectivity index is 2.01. The normalized spacial score (nSPS) is 16.3. The summed E-state index contributed by atoms with van der Waals surface area (Å²) >= 11 is 0. The smallest absolute Gasteiger partial charge is 0.326 e. The molecule has 0 radical (unpaired) electrons. The maximum absolute atomic E-state index is 11.8. The number of rotatable bonds is 11. The molecule has 0 aromatic rings. The van der Waals surface area contributed by atoms with Crippen molar-refractivity contribution < 1.29 is 14.3 Å². The van der Waals surface area contributed by atoms with Crippen LogP contribution in [0.4, 0.5) is 0 Å². The molecule has 1 aliphatic carbocycles. The molecule has 18 heavy (non-hydrogen) atoms. The van der Waals surface area contributed by atoms with E-state index in [2.05, 4.69) is 12.2 Å². The average molecular weight is 255 g/mol. The fourth-order valence-corrected chi connectivity index (χ4v) is 2.00. The van der Waals surface area contributed by atoms with Crippen molar-refractivity contribution in [3.8, 4) is 0 Å². The molecule has 0 unspecified atom stereocenters. The van der Waals surface area contributed by atoms with Gasteiger partial charge in [-0.25, -0.2) is 0 Å². The van der Waals surface area contributed by atoms with Crippen LogP contribution in [0, 0.1) is 0 Å². The first-order chi connectivity index (χ1) is 8.75. The van der Waals surface area contributed by atoms with Crippen LogP contribution in [0.25, 0.3) is 0 Å². The van der Waals surface area contributed by atoms with Crippen LogP contribution in [0.15, 0.2) is 0 Å². The van der Waals surface area contributed by atoms with Gasteiger partial charge in [-0.1, -0.05) is 39.0 Å². The summed E-state index contributed by atoms with van der Waals surface area (Å²) in [5.41, 5.74) is -0.539. The van der Waals surface area contributed by atoms with Crippen molar-refractivity contribution in [1.82, 2.24) is 5.32 Å². The van der Waals surface area contributed by atoms with Crippen LogP contribution in [-0.2, 0) is 14.3 Å². The Bertz CT molecular complexity index is 262. The number of aldehydes is 1. The highest BCUT2D eigenvalue weighted by Crippen LogP contribution is 2.36. The van der Waals surface area contributed by atoms with E-state index in [-0.39, 0.29) is 12.5 Å². The van der Waals surface area contributed by atoms with Gasteiger partial charge in [0.1, 0.15) is 11.8 Å². The van der Waals surface area contributed by atoms with E-state index in [1.54, 1.807) is 0 Å². The molecule has 0 aromatic carbocycles. The highest BCUT2D eigenvalue weighted by atomic mass is 16.5. The Hall–Kier alpha value is -0.900. The van der Waals surface area contributed by atoms with E-state index >= 15 is 0 Å². The number of hydrogen-bond acceptors (Lipinski definition) is 4. The Kier molecular flexibility index (Phi) is 6.94. The lowest BCUT2D eigenvalue weighted by Crippen LogP contribution is -2.41. The van der Waals surface area contributed by atoms with Crippen molar-refractivity contribution in [1.29, 1.82) is 0 Å². The topological polar surface area (TPSA) is 55.4 Å². The molecule has 4 nitrogen and oxygen atoms in total. The number of unbranched alkanes of at least 4 members (excludes halogenated alkanes) is 5. The summed E-state index contributed by atoms with van der Waals surface area (Å²) in [7, 11) is 0. The van der Waals surface area contributed by atoms with Crippen molar-refractivity contribution in [2.45, 2.75) is 63.8 Å². The number of nitrogens with one attached hydrogen (secondary N) is 1. The zero-order valence-corrected chi connectivity index (χ0v) is 11.4. The maximum Gasteiger partial charge on any atom is 0.326 e. The lowest BCUT2D eigenvalue weighted by atomic mass is 10.1. The van der Waals surface area contributed by atoms with Crippen molar-refractivity contribution in [3.05, 3.63) is 0 Å². The third-order valence-electron chi connectivity index (χ3n) is 3.40. The first-order valence-electron chi connectivity index (χ1n) is 7.11. The number of ether oxygens (including phenoxy) is 1. The molecule has 0 spiro atoms. The van der Waals surface area contributed by atoms with Crippen LogP contribution in [0.2, 0.25) is 0 Å². The van der Waals surface area contributed by atoms with Crippen LogP contribution in [0.3, 0.4) is 0 Å². The molecule has 1 aliphatic rings. The molecule has 1 N–H and O–H groups in total. The van der Waals surface area contributed by atoms with Gasteiger partial charge in [-0.2, -0.15) is 0 Å². The summed E-state index contributed by atoms with van der Waals surface area (Å²) < 4.78 is 5.26. The summed E-state index contributed by atoms with van der Waals surface area (Å²) in [4.78, 5) is 22.0. The standard InChI is InChI=1S/C14H25NO3/c1-2-3-4-5-6-7-12-18-13(17)14(8-9-14)15-10-11-16/h11,15H,2-10,12H2,1H3. The van der Waals surface area contributed by atoms with Crippen LogP contribution in [0.5, 0.6) is 0 Å². The van der Waals surface area contributed by atoms with E-state index in [9.17, 15) is 9.59 Å². The second kappa shape index (κ2) is 8.25. The van der Waals surface area contributed by atoms with Crippen molar-refractivity contribution in [2.75, 3.05) is 13.2 Å². The Morgan fingerprint density at radius 1 is 1.22 bits per heavy atom. The predicted octanol–water partition coefficient (Wildman–Crippen LogP) is 2.21. The van der Waals surface area contributed by atoms with Gasteiger partial charge in [0.15, 0.2) is 0 Å². The summed E-state index contributed by atoms with van der Waals surface area (Å²) in [6.45, 7) is 2.94. The summed E-state index contributed by atoms with van der Waals surface area (Å²) in [6, 6.07) is 0. The number of carbonyl (C=O) groups is 2. The lowest BCUT2D eigenvalue weighted by molar-refractivity contribution is -0.147. The molecule has 0 amide bonds. The molecular weight excluding hydrogens is 230 g/mol. The first-order valence-corrected chi connectivity index (χ1v) is 7.11. The van der Waals surface area contributed by atoms with Crippen molar-refractivity contribution >= 4 is 12.3 Å². The van der Waals surface area contributed by atoms with Gasteiger partial charge in [-0.3, -0.25) is 10.1 Å². The molecule has 0 heterocycles. The minimum absolute atomic E-state index is 0.182. The van der Waals surface area contributed by atoms with E-state index < -0.39 is 5.54 Å². The Morgan fingerprint density at radius 2 is 1.89 bits per heavy atom. The van der Waals surface area contributed by atoms with Crippen molar-refractivity contribution in [3.63, 3.8) is 0 Å². The molecule has 0 bridgehead atoms. The summed E-state index contributed by atoms with van der Waals surface area (Å²) in [5.74, 6) is -0.182. The fraction of sp³-hybridized carbons (Fsp3) is 0.857. The number of carbonyl (C=O) groups excluding carboxylic acids is 2. The molecule has 0 saturated heterocycles. The average Bonchev–Trinajstić information content (AvgIpc) is 3.16. The highest BCUT2D eigenvalue weighted by molar-refractivity contribution is 5.84. The van der Waals surface area contributed by atoms with Crippen LogP contribution in [-0.4, -0.2) is 30.9 Å². The van der Waals surface area contributed by atoms with Crippen molar-refractivity contribution in [2.24, 2.45) is 0 Å². The Morgan fingerprint density at radius 3 is 2.50 bits per heavy atom. The minimum Gasteiger partial charge on any atom is -0.464 e. The maximum atomic E-state index is 11.8. The van der Waals surface area contributed by atoms with E-state index in [4.69, 9.17) is 4.74 Å². The third-order valence-corrected chi connectivity index (χ3v) is 3.40. The van der Waals surface area contributed by atoms with Gasteiger partial charge in [0.2, 0.25) is 0 Å². The number of hydrogen-bond donors (Lipinski definition) is 1. The SMILES string of the molecule is CCCCCCCCOC(=O)C1(NCC=O)CC1. The molecule has 1 rings (SSSR count). The monoisotopic (exact) mass is 255 g/mol. The van der Waals surface area contributed by atoms with Gasteiger partial charge in [-0.15, -0.1) is 0 Å². The quantitative estimate of drug-likeness (QED) is 0.349. The molecule has 1 fully saturated rings. The van der Waals surface area contributed by atoms with Crippen LogP contribution < -0.4 is 5.32 Å². The van der Waals surface area contributed by atoms with E-state index in [0.717, 1.165) is 32.0 Å². The molecule has 0 aromatic heterocycles. The lowest BCUT2D eigenvalue weighted by Gasteiger charge is -2.14.